The summed E-state index contributed by atoms with van der Waals surface area (Å²) in [7, 11) is 0. The van der Waals surface area contributed by atoms with Crippen LogP contribution in [-0.4, -0.2) is 18.0 Å². The lowest BCUT2D eigenvalue weighted by Crippen LogP contribution is -2.30. The van der Waals surface area contributed by atoms with Crippen molar-refractivity contribution < 1.29 is 0 Å². The molecule has 0 aliphatic carbocycles. The molecule has 68 valence electrons. The van der Waals surface area contributed by atoms with Gasteiger partial charge in [-0.25, -0.2) is 0 Å². The third-order valence-electron chi connectivity index (χ3n) is 2.18. The van der Waals surface area contributed by atoms with Crippen LogP contribution in [0.25, 0.3) is 0 Å². The predicted octanol–water partition coefficient (Wildman–Crippen LogP) is 1.56. The van der Waals surface area contributed by atoms with Crippen LogP contribution in [-0.2, 0) is 6.54 Å². The number of nitrogens with one attached hydrogen (secondary N) is 1. The molecule has 0 atom stereocenters. The lowest BCUT2D eigenvalue weighted by Gasteiger charge is -2.23. The first kappa shape index (κ1) is 8.17. The summed E-state index contributed by atoms with van der Waals surface area (Å²) in [6.45, 7) is 3.15. The lowest BCUT2D eigenvalue weighted by atomic mass is 10.2. The molecule has 2 heteroatoms. The molecule has 13 heavy (non-hydrogen) atoms. The molecule has 0 radical (unpaired) electrons. The van der Waals surface area contributed by atoms with E-state index in [-0.39, 0.29) is 0 Å². The van der Waals surface area contributed by atoms with Crippen LogP contribution >= 0.6 is 0 Å². The highest BCUT2D eigenvalue weighted by Crippen LogP contribution is 2.05. The van der Waals surface area contributed by atoms with E-state index >= 15 is 0 Å². The summed E-state index contributed by atoms with van der Waals surface area (Å²) in [5.74, 6) is 0. The van der Waals surface area contributed by atoms with Crippen LogP contribution in [0.15, 0.2) is 42.7 Å². The van der Waals surface area contributed by atoms with Crippen LogP contribution in [0.3, 0.4) is 0 Å². The minimum atomic E-state index is 1.01. The van der Waals surface area contributed by atoms with Gasteiger partial charge in [0.2, 0.25) is 0 Å². The van der Waals surface area contributed by atoms with E-state index < -0.39 is 0 Å². The fourth-order valence-electron chi connectivity index (χ4n) is 1.47. The van der Waals surface area contributed by atoms with Gasteiger partial charge in [-0.2, -0.15) is 0 Å². The summed E-state index contributed by atoms with van der Waals surface area (Å²) in [6, 6.07) is 10.5. The maximum atomic E-state index is 3.18. The maximum absolute atomic E-state index is 3.18. The summed E-state index contributed by atoms with van der Waals surface area (Å²) in [5, 5.41) is 3.18. The van der Waals surface area contributed by atoms with E-state index in [1.54, 1.807) is 0 Å². The van der Waals surface area contributed by atoms with Crippen LogP contribution in [0, 0.1) is 0 Å². The summed E-state index contributed by atoms with van der Waals surface area (Å²) in [4.78, 5) is 2.31. The van der Waals surface area contributed by atoms with Crippen LogP contribution in [0.1, 0.15) is 5.56 Å². The van der Waals surface area contributed by atoms with E-state index in [9.17, 15) is 0 Å². The molecule has 2 nitrogen and oxygen atoms in total. The first-order chi connectivity index (χ1) is 6.45. The van der Waals surface area contributed by atoms with Gasteiger partial charge in [-0.15, -0.1) is 0 Å². The van der Waals surface area contributed by atoms with Crippen molar-refractivity contribution in [3.05, 3.63) is 48.3 Å². The molecular weight excluding hydrogens is 160 g/mol. The second-order valence-corrected chi connectivity index (χ2v) is 3.23. The van der Waals surface area contributed by atoms with Crippen molar-refractivity contribution in [1.82, 2.24) is 10.2 Å². The van der Waals surface area contributed by atoms with Gasteiger partial charge in [0.25, 0.3) is 0 Å². The van der Waals surface area contributed by atoms with E-state index in [1.165, 1.54) is 5.56 Å². The minimum Gasteiger partial charge on any atom is -0.388 e. The third-order valence-corrected chi connectivity index (χ3v) is 2.18. The van der Waals surface area contributed by atoms with Crippen molar-refractivity contribution in [2.45, 2.75) is 6.54 Å². The average molecular weight is 174 g/mol. The van der Waals surface area contributed by atoms with Gasteiger partial charge >= 0.3 is 0 Å². The number of hydrogen-bond acceptors (Lipinski definition) is 2. The highest BCUT2D eigenvalue weighted by molar-refractivity contribution is 5.15. The molecule has 0 saturated heterocycles. The summed E-state index contributed by atoms with van der Waals surface area (Å²) in [6.07, 6.45) is 4.11. The zero-order chi connectivity index (χ0) is 8.93. The largest absolute Gasteiger partial charge is 0.388 e. The Balaban J connectivity index is 1.98. The molecule has 0 spiro atoms. The predicted molar refractivity (Wildman–Crippen MR) is 54.0 cm³/mol. The Labute approximate surface area is 78.9 Å². The molecule has 0 saturated carbocycles. The molecule has 1 aliphatic heterocycles. The second kappa shape index (κ2) is 3.99. The summed E-state index contributed by atoms with van der Waals surface area (Å²) < 4.78 is 0. The minimum absolute atomic E-state index is 1.01. The quantitative estimate of drug-likeness (QED) is 0.732. The molecular formula is C11H14N2. The zero-order valence-corrected chi connectivity index (χ0v) is 7.61. The van der Waals surface area contributed by atoms with Crippen molar-refractivity contribution in [2.75, 3.05) is 13.1 Å². The molecule has 0 bridgehead atoms. The van der Waals surface area contributed by atoms with Gasteiger partial charge in [0.1, 0.15) is 0 Å². The molecule has 0 unspecified atom stereocenters. The number of hydrogen-bond donors (Lipinski definition) is 1. The van der Waals surface area contributed by atoms with Gasteiger partial charge in [-0.3, -0.25) is 0 Å². The highest BCUT2D eigenvalue weighted by atomic mass is 15.1. The van der Waals surface area contributed by atoms with Gasteiger partial charge < -0.3 is 10.2 Å². The highest BCUT2D eigenvalue weighted by Gasteiger charge is 2.02. The van der Waals surface area contributed by atoms with Gasteiger partial charge in [0.15, 0.2) is 0 Å². The smallest absolute Gasteiger partial charge is 0.0425 e. The lowest BCUT2D eigenvalue weighted by molar-refractivity contribution is 0.353. The van der Waals surface area contributed by atoms with Crippen molar-refractivity contribution in [2.24, 2.45) is 0 Å². The monoisotopic (exact) mass is 174 g/mol. The molecule has 0 aromatic heterocycles. The topological polar surface area (TPSA) is 15.3 Å². The Hall–Kier alpha value is -1.44. The van der Waals surface area contributed by atoms with Crippen LogP contribution in [0.5, 0.6) is 0 Å². The standard InChI is InChI=1S/C11H14N2/c1-2-4-11(5-3-1)10-13-8-6-12-7-9-13/h1-6,8,12H,7,9-10H2. The van der Waals surface area contributed by atoms with E-state index in [4.69, 9.17) is 0 Å². The number of rotatable bonds is 2. The van der Waals surface area contributed by atoms with E-state index in [0.29, 0.717) is 0 Å². The molecule has 1 aromatic rings. The summed E-state index contributed by atoms with van der Waals surface area (Å²) >= 11 is 0. The van der Waals surface area contributed by atoms with Crippen molar-refractivity contribution in [3.8, 4) is 0 Å². The maximum Gasteiger partial charge on any atom is 0.0425 e. The first-order valence-corrected chi connectivity index (χ1v) is 4.63. The Kier molecular flexibility index (Phi) is 2.51. The van der Waals surface area contributed by atoms with Crippen LogP contribution in [0.2, 0.25) is 0 Å². The van der Waals surface area contributed by atoms with Crippen molar-refractivity contribution >= 4 is 0 Å². The molecule has 0 amide bonds. The number of nitrogens with zero attached hydrogens (tertiary/aromatic N) is 1. The van der Waals surface area contributed by atoms with Gasteiger partial charge in [-0.1, -0.05) is 30.3 Å². The molecule has 1 heterocycles. The van der Waals surface area contributed by atoms with E-state index in [1.807, 2.05) is 6.20 Å². The normalized spacial score (nSPS) is 15.5. The van der Waals surface area contributed by atoms with E-state index in [0.717, 1.165) is 19.6 Å². The Morgan fingerprint density at radius 2 is 2.08 bits per heavy atom. The average Bonchev–Trinajstić information content (AvgIpc) is 2.21. The Morgan fingerprint density at radius 3 is 2.77 bits per heavy atom. The zero-order valence-electron chi connectivity index (χ0n) is 7.61. The van der Waals surface area contributed by atoms with E-state index in [2.05, 4.69) is 46.7 Å². The Morgan fingerprint density at radius 1 is 1.23 bits per heavy atom. The van der Waals surface area contributed by atoms with Crippen molar-refractivity contribution in [1.29, 1.82) is 0 Å². The molecule has 2 rings (SSSR count). The van der Waals surface area contributed by atoms with Gasteiger partial charge in [-0.05, 0) is 5.56 Å². The first-order valence-electron chi connectivity index (χ1n) is 4.63. The summed E-state index contributed by atoms with van der Waals surface area (Å²) in [5.41, 5.74) is 1.37. The van der Waals surface area contributed by atoms with Crippen LogP contribution < -0.4 is 5.32 Å². The fourth-order valence-corrected chi connectivity index (χ4v) is 1.47. The van der Waals surface area contributed by atoms with Crippen LogP contribution in [0.4, 0.5) is 0 Å². The second-order valence-electron chi connectivity index (χ2n) is 3.23. The Bertz CT molecular complexity index is 279. The third kappa shape index (κ3) is 2.25. The molecule has 1 aromatic carbocycles. The SMILES string of the molecule is C1=CN(Cc2ccccc2)CCN1. The van der Waals surface area contributed by atoms with Crippen molar-refractivity contribution in [3.63, 3.8) is 0 Å². The molecule has 1 aliphatic rings. The number of benzene rings is 1. The van der Waals surface area contributed by atoms with Gasteiger partial charge in [0.05, 0.1) is 0 Å². The molecule has 1 N–H and O–H groups in total. The molecule has 0 fully saturated rings. The fraction of sp³-hybridized carbons (Fsp3) is 0.273. The van der Waals surface area contributed by atoms with Gasteiger partial charge in [0, 0.05) is 32.0 Å².